The largest absolute Gasteiger partial charge is 0.352 e. The predicted molar refractivity (Wildman–Crippen MR) is 59.5 cm³/mol. The summed E-state index contributed by atoms with van der Waals surface area (Å²) >= 11 is 0. The first-order chi connectivity index (χ1) is 7.59. The topological polar surface area (TPSA) is 75.4 Å². The second-order valence-corrected chi connectivity index (χ2v) is 4.74. The van der Waals surface area contributed by atoms with Crippen molar-refractivity contribution >= 4 is 11.8 Å². The Morgan fingerprint density at radius 3 is 2.81 bits per heavy atom. The summed E-state index contributed by atoms with van der Waals surface area (Å²) in [6.45, 7) is 2.42. The first kappa shape index (κ1) is 11.4. The van der Waals surface area contributed by atoms with E-state index in [1.54, 1.807) is 11.8 Å². The molecule has 1 aliphatic carbocycles. The van der Waals surface area contributed by atoms with Gasteiger partial charge in [-0.25, -0.2) is 0 Å². The lowest BCUT2D eigenvalue weighted by molar-refractivity contribution is -0.143. The first-order valence-corrected chi connectivity index (χ1v) is 5.96. The Morgan fingerprint density at radius 1 is 1.50 bits per heavy atom. The summed E-state index contributed by atoms with van der Waals surface area (Å²) in [5, 5.41) is 2.91. The molecule has 1 saturated heterocycles. The monoisotopic (exact) mass is 225 g/mol. The average molecular weight is 225 g/mol. The molecule has 0 radical (unpaired) electrons. The second-order valence-electron chi connectivity index (χ2n) is 4.74. The van der Waals surface area contributed by atoms with Crippen LogP contribution in [0, 0.1) is 0 Å². The van der Waals surface area contributed by atoms with Gasteiger partial charge < -0.3 is 16.0 Å². The van der Waals surface area contributed by atoms with Crippen LogP contribution in [0.2, 0.25) is 0 Å². The molecule has 1 saturated carbocycles. The van der Waals surface area contributed by atoms with Crippen molar-refractivity contribution < 1.29 is 9.59 Å². The van der Waals surface area contributed by atoms with Crippen molar-refractivity contribution in [3.63, 3.8) is 0 Å². The van der Waals surface area contributed by atoms with Gasteiger partial charge in [-0.1, -0.05) is 0 Å². The molecule has 0 aromatic carbocycles. The van der Waals surface area contributed by atoms with E-state index in [4.69, 9.17) is 5.73 Å². The Balaban J connectivity index is 1.93. The van der Waals surface area contributed by atoms with E-state index in [0.29, 0.717) is 12.6 Å². The highest BCUT2D eigenvalue weighted by molar-refractivity contribution is 5.90. The summed E-state index contributed by atoms with van der Waals surface area (Å²) in [7, 11) is 0. The summed E-state index contributed by atoms with van der Waals surface area (Å²) in [4.78, 5) is 25.2. The van der Waals surface area contributed by atoms with Gasteiger partial charge in [0, 0.05) is 12.6 Å². The number of hydrogen-bond acceptors (Lipinski definition) is 3. The zero-order chi connectivity index (χ0) is 11.7. The van der Waals surface area contributed by atoms with E-state index in [1.165, 1.54) is 0 Å². The minimum Gasteiger partial charge on any atom is -0.352 e. The smallest absolute Gasteiger partial charge is 0.242 e. The molecule has 1 aliphatic heterocycles. The van der Waals surface area contributed by atoms with E-state index in [-0.39, 0.29) is 17.9 Å². The van der Waals surface area contributed by atoms with Gasteiger partial charge in [-0.3, -0.25) is 9.59 Å². The van der Waals surface area contributed by atoms with Crippen LogP contribution in [0.25, 0.3) is 0 Å². The van der Waals surface area contributed by atoms with Crippen molar-refractivity contribution in [3.8, 4) is 0 Å². The van der Waals surface area contributed by atoms with Crippen LogP contribution in [0.15, 0.2) is 0 Å². The zero-order valence-electron chi connectivity index (χ0n) is 9.61. The molecule has 0 bridgehead atoms. The number of amides is 2. The van der Waals surface area contributed by atoms with Gasteiger partial charge in [0.1, 0.15) is 6.04 Å². The Hall–Kier alpha value is -1.10. The van der Waals surface area contributed by atoms with Gasteiger partial charge in [0.25, 0.3) is 0 Å². The SMILES string of the molecule is CC(C(=O)NC1CC1)N1CCCC(N)C1=O. The highest BCUT2D eigenvalue weighted by Crippen LogP contribution is 2.20. The lowest BCUT2D eigenvalue weighted by atomic mass is 10.0. The van der Waals surface area contributed by atoms with Crippen LogP contribution in [0.4, 0.5) is 0 Å². The maximum Gasteiger partial charge on any atom is 0.242 e. The number of carbonyl (C=O) groups excluding carboxylic acids is 2. The molecule has 0 aromatic heterocycles. The normalized spacial score (nSPS) is 27.8. The molecule has 0 spiro atoms. The number of hydrogen-bond donors (Lipinski definition) is 2. The van der Waals surface area contributed by atoms with Crippen molar-refractivity contribution in [1.82, 2.24) is 10.2 Å². The zero-order valence-corrected chi connectivity index (χ0v) is 9.61. The number of likely N-dealkylation sites (tertiary alicyclic amines) is 1. The third kappa shape index (κ3) is 2.35. The molecule has 2 rings (SSSR count). The standard InChI is InChI=1S/C11H19N3O2/c1-7(10(15)13-8-4-5-8)14-6-2-3-9(12)11(14)16/h7-9H,2-6,12H2,1H3,(H,13,15). The molecule has 2 fully saturated rings. The van der Waals surface area contributed by atoms with Gasteiger partial charge in [-0.2, -0.15) is 0 Å². The molecule has 90 valence electrons. The van der Waals surface area contributed by atoms with Crippen LogP contribution < -0.4 is 11.1 Å². The van der Waals surface area contributed by atoms with Crippen molar-refractivity contribution in [2.24, 2.45) is 5.73 Å². The number of nitrogens with two attached hydrogens (primary N) is 1. The number of nitrogens with zero attached hydrogens (tertiary/aromatic N) is 1. The minimum atomic E-state index is -0.426. The quantitative estimate of drug-likeness (QED) is 0.686. The van der Waals surface area contributed by atoms with E-state index < -0.39 is 6.04 Å². The van der Waals surface area contributed by atoms with Gasteiger partial charge in [-0.05, 0) is 32.6 Å². The summed E-state index contributed by atoms with van der Waals surface area (Å²) in [5.41, 5.74) is 5.70. The summed E-state index contributed by atoms with van der Waals surface area (Å²) in [5.74, 6) is -0.144. The van der Waals surface area contributed by atoms with Gasteiger partial charge in [-0.15, -0.1) is 0 Å². The van der Waals surface area contributed by atoms with Crippen molar-refractivity contribution in [2.75, 3.05) is 6.54 Å². The fraction of sp³-hybridized carbons (Fsp3) is 0.818. The maximum absolute atomic E-state index is 11.8. The third-order valence-corrected chi connectivity index (χ3v) is 3.29. The van der Waals surface area contributed by atoms with Crippen LogP contribution >= 0.6 is 0 Å². The van der Waals surface area contributed by atoms with E-state index in [0.717, 1.165) is 25.7 Å². The highest BCUT2D eigenvalue weighted by atomic mass is 16.2. The lowest BCUT2D eigenvalue weighted by Gasteiger charge is -2.34. The first-order valence-electron chi connectivity index (χ1n) is 5.96. The predicted octanol–water partition coefficient (Wildman–Crippen LogP) is -0.397. The molecule has 1 heterocycles. The van der Waals surface area contributed by atoms with Gasteiger partial charge in [0.2, 0.25) is 11.8 Å². The molecular formula is C11H19N3O2. The van der Waals surface area contributed by atoms with Gasteiger partial charge >= 0.3 is 0 Å². The fourth-order valence-corrected chi connectivity index (χ4v) is 2.00. The molecule has 2 amide bonds. The molecule has 16 heavy (non-hydrogen) atoms. The van der Waals surface area contributed by atoms with Crippen LogP contribution in [0.1, 0.15) is 32.6 Å². The van der Waals surface area contributed by atoms with Crippen LogP contribution in [-0.4, -0.2) is 41.4 Å². The van der Waals surface area contributed by atoms with E-state index in [1.807, 2.05) is 0 Å². The Kier molecular flexibility index (Phi) is 3.14. The molecule has 3 N–H and O–H groups in total. The minimum absolute atomic E-state index is 0.0510. The Bertz CT molecular complexity index is 302. The van der Waals surface area contributed by atoms with Crippen LogP contribution in [0.5, 0.6) is 0 Å². The fourth-order valence-electron chi connectivity index (χ4n) is 2.00. The molecule has 2 aliphatic rings. The van der Waals surface area contributed by atoms with E-state index >= 15 is 0 Å². The molecule has 2 atom stereocenters. The Morgan fingerprint density at radius 2 is 2.19 bits per heavy atom. The average Bonchev–Trinajstić information content (AvgIpc) is 3.05. The molecule has 0 aromatic rings. The number of piperidine rings is 1. The highest BCUT2D eigenvalue weighted by Gasteiger charge is 2.34. The van der Waals surface area contributed by atoms with Crippen LogP contribution in [0.3, 0.4) is 0 Å². The van der Waals surface area contributed by atoms with Crippen LogP contribution in [-0.2, 0) is 9.59 Å². The summed E-state index contributed by atoms with van der Waals surface area (Å²) in [6, 6.07) is -0.479. The second kappa shape index (κ2) is 4.41. The number of rotatable bonds is 3. The third-order valence-electron chi connectivity index (χ3n) is 3.29. The van der Waals surface area contributed by atoms with Crippen molar-refractivity contribution in [3.05, 3.63) is 0 Å². The molecule has 5 nitrogen and oxygen atoms in total. The lowest BCUT2D eigenvalue weighted by Crippen LogP contribution is -2.56. The Labute approximate surface area is 95.3 Å². The maximum atomic E-state index is 11.8. The van der Waals surface area contributed by atoms with Crippen molar-refractivity contribution in [2.45, 2.75) is 50.7 Å². The van der Waals surface area contributed by atoms with Gasteiger partial charge in [0.05, 0.1) is 6.04 Å². The summed E-state index contributed by atoms with van der Waals surface area (Å²) < 4.78 is 0. The van der Waals surface area contributed by atoms with Gasteiger partial charge in [0.15, 0.2) is 0 Å². The molecule has 5 heteroatoms. The van der Waals surface area contributed by atoms with E-state index in [9.17, 15) is 9.59 Å². The molecular weight excluding hydrogens is 206 g/mol. The number of nitrogens with one attached hydrogen (secondary N) is 1. The van der Waals surface area contributed by atoms with E-state index in [2.05, 4.69) is 5.32 Å². The summed E-state index contributed by atoms with van der Waals surface area (Å²) in [6.07, 6.45) is 3.73. The molecule has 2 unspecified atom stereocenters. The number of carbonyl (C=O) groups is 2. The van der Waals surface area contributed by atoms with Crippen molar-refractivity contribution in [1.29, 1.82) is 0 Å².